The number of hydrogen-bond donors (Lipinski definition) is 0. The first-order valence-electron chi connectivity index (χ1n) is 5.92. The standard InChI is InChI=1S/C12H9Cl2F3N2O2S/c1-5(2)22(20,21)11-10(12(15,16)17)18-8-3-6(13)7(14)4-9(8)19-11/h3-5H,1-2H3. The Bertz CT molecular complexity index is 852. The Morgan fingerprint density at radius 1 is 1.05 bits per heavy atom. The van der Waals surface area contributed by atoms with E-state index in [1.54, 1.807) is 0 Å². The van der Waals surface area contributed by atoms with Gasteiger partial charge >= 0.3 is 6.18 Å². The van der Waals surface area contributed by atoms with Gasteiger partial charge in [0, 0.05) is 0 Å². The van der Waals surface area contributed by atoms with E-state index in [0.29, 0.717) is 0 Å². The average Bonchev–Trinajstić information content (AvgIpc) is 2.37. The predicted octanol–water partition coefficient (Wildman–Crippen LogP) is 4.14. The summed E-state index contributed by atoms with van der Waals surface area (Å²) in [5.74, 6) is 0. The molecule has 120 valence electrons. The van der Waals surface area contributed by atoms with Crippen molar-refractivity contribution in [3.8, 4) is 0 Å². The van der Waals surface area contributed by atoms with Gasteiger partial charge in [-0.2, -0.15) is 13.2 Å². The van der Waals surface area contributed by atoms with E-state index >= 15 is 0 Å². The molecule has 0 aliphatic rings. The average molecular weight is 373 g/mol. The first-order valence-corrected chi connectivity index (χ1v) is 8.22. The Kier molecular flexibility index (Phi) is 4.31. The molecule has 0 spiro atoms. The van der Waals surface area contributed by atoms with Gasteiger partial charge in [-0.15, -0.1) is 0 Å². The van der Waals surface area contributed by atoms with Gasteiger partial charge in [0.1, 0.15) is 0 Å². The number of fused-ring (bicyclic) bond motifs is 1. The van der Waals surface area contributed by atoms with Crippen LogP contribution in [0, 0.1) is 0 Å². The molecule has 0 radical (unpaired) electrons. The largest absolute Gasteiger partial charge is 0.436 e. The van der Waals surface area contributed by atoms with Crippen LogP contribution in [0.5, 0.6) is 0 Å². The molecule has 0 amide bonds. The van der Waals surface area contributed by atoms with Crippen LogP contribution in [0.25, 0.3) is 11.0 Å². The number of aromatic nitrogens is 2. The van der Waals surface area contributed by atoms with Gasteiger partial charge < -0.3 is 0 Å². The molecule has 0 atom stereocenters. The fraction of sp³-hybridized carbons (Fsp3) is 0.333. The first-order chi connectivity index (χ1) is 9.94. The van der Waals surface area contributed by atoms with Gasteiger partial charge in [0.25, 0.3) is 0 Å². The zero-order valence-corrected chi connectivity index (χ0v) is 13.6. The highest BCUT2D eigenvalue weighted by Crippen LogP contribution is 2.35. The molecule has 0 aliphatic heterocycles. The number of hydrogen-bond acceptors (Lipinski definition) is 4. The lowest BCUT2D eigenvalue weighted by molar-refractivity contribution is -0.143. The predicted molar refractivity (Wildman–Crippen MR) is 76.9 cm³/mol. The highest BCUT2D eigenvalue weighted by atomic mass is 35.5. The molecule has 1 heterocycles. The topological polar surface area (TPSA) is 59.9 Å². The first kappa shape index (κ1) is 17.2. The Morgan fingerprint density at radius 3 is 1.91 bits per heavy atom. The molecule has 0 N–H and O–H groups in total. The molecule has 2 aromatic rings. The van der Waals surface area contributed by atoms with E-state index in [2.05, 4.69) is 9.97 Å². The maximum absolute atomic E-state index is 13.1. The van der Waals surface area contributed by atoms with E-state index in [9.17, 15) is 21.6 Å². The van der Waals surface area contributed by atoms with Crippen molar-refractivity contribution < 1.29 is 21.6 Å². The Morgan fingerprint density at radius 2 is 1.50 bits per heavy atom. The summed E-state index contributed by atoms with van der Waals surface area (Å²) in [6.45, 7) is 2.52. The summed E-state index contributed by atoms with van der Waals surface area (Å²) in [6, 6.07) is 2.28. The van der Waals surface area contributed by atoms with Crippen molar-refractivity contribution in [3.05, 3.63) is 27.9 Å². The number of rotatable bonds is 2. The van der Waals surface area contributed by atoms with Crippen LogP contribution in [-0.4, -0.2) is 23.6 Å². The number of nitrogens with zero attached hydrogens (tertiary/aromatic N) is 2. The highest BCUT2D eigenvalue weighted by molar-refractivity contribution is 7.92. The normalized spacial score (nSPS) is 13.1. The zero-order valence-electron chi connectivity index (χ0n) is 11.2. The summed E-state index contributed by atoms with van der Waals surface area (Å²) in [6.07, 6.45) is -4.97. The second kappa shape index (κ2) is 5.50. The van der Waals surface area contributed by atoms with Gasteiger partial charge in [-0.25, -0.2) is 18.4 Å². The molecule has 0 aliphatic carbocycles. The van der Waals surface area contributed by atoms with Crippen molar-refractivity contribution in [2.24, 2.45) is 0 Å². The van der Waals surface area contributed by atoms with Gasteiger partial charge in [0.05, 0.1) is 26.3 Å². The monoisotopic (exact) mass is 372 g/mol. The van der Waals surface area contributed by atoms with E-state index in [0.717, 1.165) is 6.07 Å². The summed E-state index contributed by atoms with van der Waals surface area (Å²) < 4.78 is 63.6. The number of halogens is 5. The molecule has 0 fully saturated rings. The molecule has 4 nitrogen and oxygen atoms in total. The number of alkyl halides is 3. The van der Waals surface area contributed by atoms with Crippen LogP contribution in [0.3, 0.4) is 0 Å². The van der Waals surface area contributed by atoms with Crippen molar-refractivity contribution in [1.82, 2.24) is 9.97 Å². The lowest BCUT2D eigenvalue weighted by Crippen LogP contribution is -2.22. The molecule has 2 rings (SSSR count). The lowest BCUT2D eigenvalue weighted by Gasteiger charge is -2.14. The second-order valence-corrected chi connectivity index (χ2v) is 7.96. The fourth-order valence-corrected chi connectivity index (χ4v) is 3.06. The Hall–Kier alpha value is -1.12. The zero-order chi connectivity index (χ0) is 16.9. The van der Waals surface area contributed by atoms with Crippen LogP contribution in [0.1, 0.15) is 19.5 Å². The van der Waals surface area contributed by atoms with Crippen LogP contribution < -0.4 is 0 Å². The van der Waals surface area contributed by atoms with E-state index in [1.807, 2.05) is 0 Å². The SMILES string of the molecule is CC(C)S(=O)(=O)c1nc2cc(Cl)c(Cl)cc2nc1C(F)(F)F. The molecule has 0 saturated carbocycles. The number of sulfone groups is 1. The van der Waals surface area contributed by atoms with Gasteiger partial charge in [-0.1, -0.05) is 23.2 Å². The van der Waals surface area contributed by atoms with Crippen molar-refractivity contribution in [1.29, 1.82) is 0 Å². The quantitative estimate of drug-likeness (QED) is 0.794. The smallest absolute Gasteiger partial charge is 0.239 e. The van der Waals surface area contributed by atoms with Gasteiger partial charge in [0.15, 0.2) is 20.6 Å². The van der Waals surface area contributed by atoms with E-state index in [4.69, 9.17) is 23.2 Å². The van der Waals surface area contributed by atoms with E-state index in [1.165, 1.54) is 19.9 Å². The molecule has 1 aromatic carbocycles. The van der Waals surface area contributed by atoms with Crippen LogP contribution >= 0.6 is 23.2 Å². The van der Waals surface area contributed by atoms with E-state index < -0.39 is 32.0 Å². The van der Waals surface area contributed by atoms with E-state index in [-0.39, 0.29) is 21.1 Å². The number of benzene rings is 1. The lowest BCUT2D eigenvalue weighted by atomic mass is 10.3. The van der Waals surface area contributed by atoms with Crippen molar-refractivity contribution in [2.45, 2.75) is 30.3 Å². The molecular weight excluding hydrogens is 364 g/mol. The van der Waals surface area contributed by atoms with Gasteiger partial charge in [0.2, 0.25) is 0 Å². The van der Waals surface area contributed by atoms with Gasteiger partial charge in [-0.05, 0) is 26.0 Å². The summed E-state index contributed by atoms with van der Waals surface area (Å²) in [4.78, 5) is 7.01. The summed E-state index contributed by atoms with van der Waals surface area (Å²) in [7, 11) is -4.27. The minimum atomic E-state index is -4.97. The second-order valence-electron chi connectivity index (χ2n) is 4.72. The molecule has 0 unspecified atom stereocenters. The van der Waals surface area contributed by atoms with Crippen LogP contribution in [0.4, 0.5) is 13.2 Å². The maximum Gasteiger partial charge on any atom is 0.436 e. The molecule has 1 aromatic heterocycles. The Balaban J connectivity index is 2.92. The minimum absolute atomic E-state index is 0.00365. The summed E-state index contributed by atoms with van der Waals surface area (Å²) in [5, 5.41) is -2.16. The van der Waals surface area contributed by atoms with Crippen molar-refractivity contribution in [2.75, 3.05) is 0 Å². The van der Waals surface area contributed by atoms with Crippen molar-refractivity contribution in [3.63, 3.8) is 0 Å². The van der Waals surface area contributed by atoms with Crippen LogP contribution in [0.15, 0.2) is 17.2 Å². The molecule has 10 heteroatoms. The Labute approximate surface area is 134 Å². The van der Waals surface area contributed by atoms with Gasteiger partial charge in [-0.3, -0.25) is 0 Å². The third kappa shape index (κ3) is 3.00. The molecule has 0 bridgehead atoms. The molecular formula is C12H9Cl2F3N2O2S. The van der Waals surface area contributed by atoms with Crippen LogP contribution in [0.2, 0.25) is 10.0 Å². The molecule has 22 heavy (non-hydrogen) atoms. The van der Waals surface area contributed by atoms with Crippen molar-refractivity contribution >= 4 is 44.1 Å². The molecule has 0 saturated heterocycles. The minimum Gasteiger partial charge on any atom is -0.239 e. The summed E-state index contributed by atoms with van der Waals surface area (Å²) >= 11 is 11.5. The summed E-state index contributed by atoms with van der Waals surface area (Å²) in [5.41, 5.74) is -1.84. The third-order valence-electron chi connectivity index (χ3n) is 2.83. The maximum atomic E-state index is 13.1. The fourth-order valence-electron chi connectivity index (χ4n) is 1.64. The van der Waals surface area contributed by atoms with Crippen LogP contribution in [-0.2, 0) is 16.0 Å². The highest BCUT2D eigenvalue weighted by Gasteiger charge is 2.41. The third-order valence-corrected chi connectivity index (χ3v) is 5.62.